The predicted molar refractivity (Wildman–Crippen MR) is 104 cm³/mol. The van der Waals surface area contributed by atoms with Crippen molar-refractivity contribution >= 4 is 5.91 Å². The van der Waals surface area contributed by atoms with E-state index >= 15 is 0 Å². The summed E-state index contributed by atoms with van der Waals surface area (Å²) in [5, 5.41) is 0. The molecule has 2 N–H and O–H groups in total. The number of hydrogen-bond donors (Lipinski definition) is 1. The zero-order valence-corrected chi connectivity index (χ0v) is 16.0. The second-order valence-electron chi connectivity index (χ2n) is 8.01. The van der Waals surface area contributed by atoms with Crippen molar-refractivity contribution in [3.63, 3.8) is 0 Å². The smallest absolute Gasteiger partial charge is 0.230 e. The number of carbonyl (C=O) groups excluding carboxylic acids is 1. The summed E-state index contributed by atoms with van der Waals surface area (Å²) in [5.41, 5.74) is 6.98. The maximum atomic E-state index is 13.1. The predicted octanol–water partition coefficient (Wildman–Crippen LogP) is 2.11. The van der Waals surface area contributed by atoms with Crippen molar-refractivity contribution in [2.24, 2.45) is 17.1 Å². The number of piperidine rings is 1. The molecule has 2 aliphatic heterocycles. The molecule has 1 amide bonds. The lowest BCUT2D eigenvalue weighted by molar-refractivity contribution is -0.148. The molecule has 2 heterocycles. The Kier molecular flexibility index (Phi) is 6.68. The molecule has 26 heavy (non-hydrogen) atoms. The van der Waals surface area contributed by atoms with Gasteiger partial charge in [0, 0.05) is 45.9 Å². The molecule has 1 aromatic carbocycles. The van der Waals surface area contributed by atoms with E-state index in [2.05, 4.69) is 47.2 Å². The fourth-order valence-electron chi connectivity index (χ4n) is 4.32. The van der Waals surface area contributed by atoms with Crippen molar-refractivity contribution in [1.82, 2.24) is 9.80 Å². The fourth-order valence-corrected chi connectivity index (χ4v) is 4.32. The Hall–Kier alpha value is -1.43. The summed E-state index contributed by atoms with van der Waals surface area (Å²) >= 11 is 0. The van der Waals surface area contributed by atoms with E-state index in [9.17, 15) is 4.79 Å². The molecule has 5 nitrogen and oxygen atoms in total. The van der Waals surface area contributed by atoms with Crippen molar-refractivity contribution in [2.75, 3.05) is 46.4 Å². The number of rotatable bonds is 6. The number of ether oxygens (including phenoxy) is 1. The van der Waals surface area contributed by atoms with Crippen molar-refractivity contribution in [1.29, 1.82) is 0 Å². The van der Waals surface area contributed by atoms with Crippen molar-refractivity contribution in [3.05, 3.63) is 35.9 Å². The summed E-state index contributed by atoms with van der Waals surface area (Å²) < 4.78 is 5.44. The number of likely N-dealkylation sites (tertiary alicyclic amines) is 1. The molecule has 0 bridgehead atoms. The molecule has 2 aliphatic rings. The summed E-state index contributed by atoms with van der Waals surface area (Å²) in [5.74, 6) is 0.927. The van der Waals surface area contributed by atoms with Gasteiger partial charge in [0.2, 0.25) is 5.91 Å². The van der Waals surface area contributed by atoms with Crippen LogP contribution in [0.15, 0.2) is 30.3 Å². The van der Waals surface area contributed by atoms with Gasteiger partial charge < -0.3 is 20.3 Å². The summed E-state index contributed by atoms with van der Waals surface area (Å²) in [4.78, 5) is 17.5. The molecular weight excluding hydrogens is 326 g/mol. The highest BCUT2D eigenvalue weighted by Gasteiger charge is 2.42. The van der Waals surface area contributed by atoms with E-state index in [-0.39, 0.29) is 11.3 Å². The summed E-state index contributed by atoms with van der Waals surface area (Å²) in [6.45, 7) is 5.56. The molecule has 0 atom stereocenters. The molecule has 0 aliphatic carbocycles. The van der Waals surface area contributed by atoms with Gasteiger partial charge in [0.05, 0.1) is 5.41 Å². The van der Waals surface area contributed by atoms with Crippen LogP contribution < -0.4 is 5.73 Å². The Labute approximate surface area is 157 Å². The average molecular weight is 360 g/mol. The Bertz CT molecular complexity index is 564. The zero-order valence-electron chi connectivity index (χ0n) is 16.0. The molecule has 2 fully saturated rings. The van der Waals surface area contributed by atoms with Crippen LogP contribution in [0.5, 0.6) is 0 Å². The van der Waals surface area contributed by atoms with Crippen LogP contribution >= 0.6 is 0 Å². The first kappa shape index (κ1) is 19.3. The molecular formula is C21H33N3O2. The highest BCUT2D eigenvalue weighted by atomic mass is 16.5. The quantitative estimate of drug-likeness (QED) is 0.845. The Morgan fingerprint density at radius 3 is 2.50 bits per heavy atom. The highest BCUT2D eigenvalue weighted by molar-refractivity contribution is 5.83. The average Bonchev–Trinajstić information content (AvgIpc) is 2.69. The number of nitrogens with two attached hydrogens (primary N) is 1. The first-order valence-electron chi connectivity index (χ1n) is 9.93. The van der Waals surface area contributed by atoms with Gasteiger partial charge in [0.1, 0.15) is 0 Å². The molecule has 0 unspecified atom stereocenters. The van der Waals surface area contributed by atoms with Crippen molar-refractivity contribution < 1.29 is 9.53 Å². The fraction of sp³-hybridized carbons (Fsp3) is 0.667. The molecule has 3 rings (SSSR count). The van der Waals surface area contributed by atoms with Gasteiger partial charge in [-0.3, -0.25) is 4.79 Å². The normalized spacial score (nSPS) is 21.1. The van der Waals surface area contributed by atoms with Crippen LogP contribution in [0, 0.1) is 11.3 Å². The van der Waals surface area contributed by atoms with Gasteiger partial charge in [0.25, 0.3) is 0 Å². The first-order valence-corrected chi connectivity index (χ1v) is 9.93. The van der Waals surface area contributed by atoms with Crippen LogP contribution in [0.3, 0.4) is 0 Å². The minimum atomic E-state index is -0.380. The molecule has 5 heteroatoms. The second kappa shape index (κ2) is 8.98. The monoisotopic (exact) mass is 359 g/mol. The number of hydrogen-bond acceptors (Lipinski definition) is 4. The van der Waals surface area contributed by atoms with Crippen LogP contribution in [-0.4, -0.2) is 62.1 Å². The van der Waals surface area contributed by atoms with Crippen LogP contribution in [0.25, 0.3) is 0 Å². The van der Waals surface area contributed by atoms with Crippen LogP contribution in [0.1, 0.15) is 31.2 Å². The van der Waals surface area contributed by atoms with E-state index in [1.807, 2.05) is 0 Å². The van der Waals surface area contributed by atoms with Crippen molar-refractivity contribution in [2.45, 2.75) is 32.2 Å². The summed E-state index contributed by atoms with van der Waals surface area (Å²) in [7, 11) is 2.19. The first-order chi connectivity index (χ1) is 12.6. The number of carbonyl (C=O) groups is 1. The number of amides is 1. The second-order valence-corrected chi connectivity index (χ2v) is 8.01. The van der Waals surface area contributed by atoms with Crippen LogP contribution in [0.2, 0.25) is 0 Å². The van der Waals surface area contributed by atoms with Gasteiger partial charge >= 0.3 is 0 Å². The Balaban J connectivity index is 1.47. The third-order valence-electron chi connectivity index (χ3n) is 6.06. The van der Waals surface area contributed by atoms with E-state index in [4.69, 9.17) is 10.5 Å². The highest BCUT2D eigenvalue weighted by Crippen LogP contribution is 2.33. The maximum Gasteiger partial charge on any atom is 0.230 e. The van der Waals surface area contributed by atoms with E-state index in [1.165, 1.54) is 5.56 Å². The zero-order chi connectivity index (χ0) is 18.4. The lowest BCUT2D eigenvalue weighted by Gasteiger charge is -2.42. The van der Waals surface area contributed by atoms with Crippen molar-refractivity contribution in [3.8, 4) is 0 Å². The summed E-state index contributed by atoms with van der Waals surface area (Å²) in [6.07, 6.45) is 3.70. The van der Waals surface area contributed by atoms with Gasteiger partial charge in [-0.15, -0.1) is 0 Å². The van der Waals surface area contributed by atoms with Crippen LogP contribution in [0.4, 0.5) is 0 Å². The molecule has 0 radical (unpaired) electrons. The third kappa shape index (κ3) is 4.64. The minimum Gasteiger partial charge on any atom is -0.381 e. The van der Waals surface area contributed by atoms with Gasteiger partial charge in [-0.25, -0.2) is 0 Å². The lowest BCUT2D eigenvalue weighted by Crippen LogP contribution is -2.53. The largest absolute Gasteiger partial charge is 0.381 e. The number of nitrogens with zero attached hydrogens (tertiary/aromatic N) is 2. The maximum absolute atomic E-state index is 13.1. The van der Waals surface area contributed by atoms with E-state index < -0.39 is 0 Å². The topological polar surface area (TPSA) is 58.8 Å². The molecule has 2 saturated heterocycles. The van der Waals surface area contributed by atoms with E-state index in [0.29, 0.717) is 25.7 Å². The minimum absolute atomic E-state index is 0.263. The van der Waals surface area contributed by atoms with Gasteiger partial charge in [-0.05, 0) is 44.2 Å². The van der Waals surface area contributed by atoms with Gasteiger partial charge in [-0.2, -0.15) is 0 Å². The summed E-state index contributed by atoms with van der Waals surface area (Å²) in [6, 6.07) is 10.6. The van der Waals surface area contributed by atoms with Gasteiger partial charge in [0.15, 0.2) is 0 Å². The molecule has 0 aromatic heterocycles. The lowest BCUT2D eigenvalue weighted by atomic mass is 9.78. The van der Waals surface area contributed by atoms with E-state index in [1.54, 1.807) is 0 Å². The number of benzene rings is 1. The molecule has 0 saturated carbocycles. The Morgan fingerprint density at radius 1 is 1.23 bits per heavy atom. The molecule has 144 valence electrons. The third-order valence-corrected chi connectivity index (χ3v) is 6.06. The SMILES string of the molecule is CN(Cc1ccccc1)CC1CCN(C(=O)C2(CN)CCOCC2)CC1. The standard InChI is InChI=1S/C21H33N3O2/c1-23(15-18-5-3-2-4-6-18)16-19-7-11-24(12-8-19)20(25)21(17-22)9-13-26-14-10-21/h2-6,19H,7-17,22H2,1H3. The molecule has 1 aromatic rings. The Morgan fingerprint density at radius 2 is 1.88 bits per heavy atom. The molecule has 0 spiro atoms. The van der Waals surface area contributed by atoms with Gasteiger partial charge in [-0.1, -0.05) is 30.3 Å². The van der Waals surface area contributed by atoms with Crippen LogP contribution in [-0.2, 0) is 16.1 Å². The van der Waals surface area contributed by atoms with E-state index in [0.717, 1.165) is 51.9 Å².